The van der Waals surface area contributed by atoms with Crippen LogP contribution in [-0.4, -0.2) is 23.9 Å². The maximum Gasteiger partial charge on any atom is 1.00 e. The second-order valence-electron chi connectivity index (χ2n) is 1.97. The van der Waals surface area contributed by atoms with Crippen molar-refractivity contribution >= 4 is 23.9 Å². The number of hydrogen-bond acceptors (Lipinski definition) is 8. The normalized spacial score (nSPS) is 5.00. The first kappa shape index (κ1) is 49.7. The number of carboxylic acid groups (broad SMARTS) is 4. The van der Waals surface area contributed by atoms with Gasteiger partial charge in [-0.3, -0.25) is 0 Å². The number of carbonyl (C=O) groups excluding carboxylic acids is 4. The van der Waals surface area contributed by atoms with Gasteiger partial charge in [0.15, 0.2) is 0 Å². The second-order valence-corrected chi connectivity index (χ2v) is 1.97. The Bertz CT molecular complexity index is 171. The van der Waals surface area contributed by atoms with Crippen LogP contribution in [0.1, 0.15) is 27.7 Å². The number of carboxylic acids is 4. The van der Waals surface area contributed by atoms with E-state index in [0.717, 1.165) is 27.7 Å². The van der Waals surface area contributed by atoms with Gasteiger partial charge in [0.05, 0.1) is 0 Å². The molecular weight excluding hydrogens is 380 g/mol. The zero-order valence-corrected chi connectivity index (χ0v) is 25.8. The smallest absolute Gasteiger partial charge is 0.550 e. The van der Waals surface area contributed by atoms with Crippen molar-refractivity contribution in [1.82, 2.24) is 0 Å². The largest absolute Gasteiger partial charge is 1.00 e. The van der Waals surface area contributed by atoms with Crippen molar-refractivity contribution in [3.63, 3.8) is 0 Å². The molecule has 20 heavy (non-hydrogen) atoms. The standard InChI is InChI=1S/4C2H4O2.4K/c4*1-2(3)4;;;;/h4*1H3,(H,3,4);;;;/q;;;;4*+1/p-4. The van der Waals surface area contributed by atoms with E-state index in [2.05, 4.69) is 0 Å². The zero-order valence-electron chi connectivity index (χ0n) is 13.3. The summed E-state index contributed by atoms with van der Waals surface area (Å²) in [6, 6.07) is 0. The first-order valence-corrected chi connectivity index (χ1v) is 3.63. The maximum atomic E-state index is 8.89. The summed E-state index contributed by atoms with van der Waals surface area (Å²) in [5.41, 5.74) is 0. The van der Waals surface area contributed by atoms with E-state index in [1.54, 1.807) is 0 Å². The van der Waals surface area contributed by atoms with E-state index in [-0.39, 0.29) is 206 Å². The Morgan fingerprint density at radius 3 is 0.450 bits per heavy atom. The van der Waals surface area contributed by atoms with E-state index >= 15 is 0 Å². The topological polar surface area (TPSA) is 161 Å². The molecule has 0 rings (SSSR count). The van der Waals surface area contributed by atoms with Crippen LogP contribution in [0.5, 0.6) is 0 Å². The molecule has 0 saturated heterocycles. The van der Waals surface area contributed by atoms with E-state index in [1.165, 1.54) is 0 Å². The molecule has 12 heteroatoms. The molecule has 0 amide bonds. The van der Waals surface area contributed by atoms with Crippen LogP contribution < -0.4 is 226 Å². The van der Waals surface area contributed by atoms with Crippen LogP contribution in [0.25, 0.3) is 0 Å². The Morgan fingerprint density at radius 2 is 0.450 bits per heavy atom. The summed E-state index contributed by atoms with van der Waals surface area (Å²) in [5, 5.41) is 35.6. The summed E-state index contributed by atoms with van der Waals surface area (Å²) in [6.07, 6.45) is 0. The molecule has 0 aliphatic carbocycles. The summed E-state index contributed by atoms with van der Waals surface area (Å²) in [5.74, 6) is -4.33. The maximum absolute atomic E-state index is 8.89. The molecule has 0 aromatic carbocycles. The Balaban J connectivity index is -0.0000000150. The predicted octanol–water partition coefficient (Wildman–Crippen LogP) is -17.0. The molecule has 0 spiro atoms. The van der Waals surface area contributed by atoms with Crippen molar-refractivity contribution in [1.29, 1.82) is 0 Å². The first-order valence-electron chi connectivity index (χ1n) is 3.63. The number of aliphatic carboxylic acids is 4. The summed E-state index contributed by atoms with van der Waals surface area (Å²) in [4.78, 5) is 35.6. The molecule has 0 N–H and O–H groups in total. The third kappa shape index (κ3) is 526. The van der Waals surface area contributed by atoms with Gasteiger partial charge < -0.3 is 39.6 Å². The van der Waals surface area contributed by atoms with E-state index < -0.39 is 23.9 Å². The molecule has 0 unspecified atom stereocenters. The van der Waals surface area contributed by atoms with Gasteiger partial charge in [0.1, 0.15) is 0 Å². The molecule has 0 fully saturated rings. The molecule has 0 aliphatic rings. The average molecular weight is 393 g/mol. The van der Waals surface area contributed by atoms with Crippen LogP contribution in [0.2, 0.25) is 0 Å². The van der Waals surface area contributed by atoms with Crippen LogP contribution in [0, 0.1) is 0 Å². The van der Waals surface area contributed by atoms with Crippen LogP contribution in [-0.2, 0) is 19.2 Å². The van der Waals surface area contributed by atoms with Gasteiger partial charge in [-0.2, -0.15) is 0 Å². The van der Waals surface area contributed by atoms with Crippen molar-refractivity contribution in [2.45, 2.75) is 27.7 Å². The first-order chi connectivity index (χ1) is 6.93. The summed E-state index contributed by atoms with van der Waals surface area (Å²) < 4.78 is 0. The molecule has 8 nitrogen and oxygen atoms in total. The number of rotatable bonds is 0. The monoisotopic (exact) mass is 392 g/mol. The molecule has 0 saturated carbocycles. The Hall–Kier alpha value is 4.43. The predicted molar refractivity (Wildman–Crippen MR) is 42.7 cm³/mol. The molecule has 0 atom stereocenters. The second kappa shape index (κ2) is 43.7. The number of hydrogen-bond donors (Lipinski definition) is 0. The van der Waals surface area contributed by atoms with Gasteiger partial charge in [-0.25, -0.2) is 0 Å². The van der Waals surface area contributed by atoms with Crippen molar-refractivity contribution in [3.05, 3.63) is 0 Å². The van der Waals surface area contributed by atoms with Crippen LogP contribution in [0.4, 0.5) is 0 Å². The Labute approximate surface area is 288 Å². The fraction of sp³-hybridized carbons (Fsp3) is 0.500. The van der Waals surface area contributed by atoms with Crippen molar-refractivity contribution in [2.75, 3.05) is 0 Å². The van der Waals surface area contributed by atoms with Crippen LogP contribution >= 0.6 is 0 Å². The van der Waals surface area contributed by atoms with Gasteiger partial charge in [0.25, 0.3) is 0 Å². The number of carbonyl (C=O) groups is 4. The van der Waals surface area contributed by atoms with Crippen molar-refractivity contribution < 1.29 is 245 Å². The minimum atomic E-state index is -1.08. The Morgan fingerprint density at radius 1 is 0.450 bits per heavy atom. The zero-order chi connectivity index (χ0) is 14.3. The van der Waals surface area contributed by atoms with Crippen LogP contribution in [0.3, 0.4) is 0 Å². The summed E-state index contributed by atoms with van der Waals surface area (Å²) in [7, 11) is 0. The van der Waals surface area contributed by atoms with Gasteiger partial charge >= 0.3 is 206 Å². The summed E-state index contributed by atoms with van der Waals surface area (Å²) >= 11 is 0. The SMILES string of the molecule is CC(=O)[O-].CC(=O)[O-].CC(=O)[O-].CC(=O)[O-].[K+].[K+].[K+].[K+]. The van der Waals surface area contributed by atoms with Gasteiger partial charge in [-0.05, 0) is 27.7 Å². The Kier molecular flexibility index (Phi) is 108. The quantitative estimate of drug-likeness (QED) is 0.367. The molecule has 0 aromatic rings. The molecule has 0 bridgehead atoms. The van der Waals surface area contributed by atoms with Crippen molar-refractivity contribution in [2.24, 2.45) is 0 Å². The van der Waals surface area contributed by atoms with E-state index in [1.807, 2.05) is 0 Å². The molecule has 0 heterocycles. The van der Waals surface area contributed by atoms with Gasteiger partial charge in [0.2, 0.25) is 0 Å². The van der Waals surface area contributed by atoms with Gasteiger partial charge in [0, 0.05) is 23.9 Å². The molecule has 96 valence electrons. The molecular formula is C8H12K4O8. The average Bonchev–Trinajstić information content (AvgIpc) is 1.76. The van der Waals surface area contributed by atoms with Crippen LogP contribution in [0.15, 0.2) is 0 Å². The van der Waals surface area contributed by atoms with E-state index in [0.29, 0.717) is 0 Å². The fourth-order valence-corrected chi connectivity index (χ4v) is 0. The minimum absolute atomic E-state index is 0. The molecule has 0 aromatic heterocycles. The minimum Gasteiger partial charge on any atom is -0.550 e. The van der Waals surface area contributed by atoms with E-state index in [4.69, 9.17) is 39.6 Å². The third-order valence-corrected chi connectivity index (χ3v) is 0. The summed E-state index contributed by atoms with van der Waals surface area (Å²) in [6.45, 7) is 3.89. The fourth-order valence-electron chi connectivity index (χ4n) is 0. The van der Waals surface area contributed by atoms with E-state index in [9.17, 15) is 0 Å². The third-order valence-electron chi connectivity index (χ3n) is 0. The molecule has 0 radical (unpaired) electrons. The van der Waals surface area contributed by atoms with Crippen molar-refractivity contribution in [3.8, 4) is 0 Å². The van der Waals surface area contributed by atoms with Gasteiger partial charge in [-0.1, -0.05) is 0 Å². The van der Waals surface area contributed by atoms with Gasteiger partial charge in [-0.15, -0.1) is 0 Å². The molecule has 0 aliphatic heterocycles.